The molecular weight excluding hydrogens is 483 g/mol. The highest BCUT2D eigenvalue weighted by molar-refractivity contribution is 5.90. The van der Waals surface area contributed by atoms with Crippen LogP contribution < -0.4 is 4.74 Å². The second-order valence-corrected chi connectivity index (χ2v) is 7.72. The minimum atomic E-state index is -4.88. The Kier molecular flexibility index (Phi) is 4.91. The fourth-order valence-electron chi connectivity index (χ4n) is 4.08. The number of amides is 1. The van der Waals surface area contributed by atoms with Crippen LogP contribution in [0.15, 0.2) is 53.6 Å². The van der Waals surface area contributed by atoms with E-state index in [1.807, 2.05) is 0 Å². The van der Waals surface area contributed by atoms with E-state index in [0.717, 1.165) is 5.69 Å². The largest absolute Gasteiger partial charge is 0.573 e. The normalized spacial score (nSPS) is 15.8. The highest BCUT2D eigenvalue weighted by atomic mass is 19.4. The Hall–Kier alpha value is -4.82. The lowest BCUT2D eigenvalue weighted by atomic mass is 9.99. The smallest absolute Gasteiger partial charge is 0.409 e. The van der Waals surface area contributed by atoms with Crippen molar-refractivity contribution in [3.63, 3.8) is 0 Å². The van der Waals surface area contributed by atoms with Crippen LogP contribution in [0.3, 0.4) is 0 Å². The van der Waals surface area contributed by atoms with Crippen LogP contribution in [0.1, 0.15) is 33.8 Å². The zero-order valence-electron chi connectivity index (χ0n) is 18.0. The second kappa shape index (κ2) is 8.14. The minimum absolute atomic E-state index is 0.0327. The Morgan fingerprint density at radius 2 is 2.00 bits per heavy atom. The van der Waals surface area contributed by atoms with Crippen LogP contribution in [-0.4, -0.2) is 63.5 Å². The number of imidazole rings is 1. The van der Waals surface area contributed by atoms with E-state index in [1.54, 1.807) is 6.07 Å². The third kappa shape index (κ3) is 3.79. The number of nitrogens with one attached hydrogen (secondary N) is 1. The maximum absolute atomic E-state index is 13.5. The van der Waals surface area contributed by atoms with E-state index in [0.29, 0.717) is 12.1 Å². The number of nitrogens with zero attached hydrogens (tertiary/aromatic N) is 8. The first-order chi connectivity index (χ1) is 17.4. The number of pyridine rings is 1. The molecule has 0 aromatic carbocycles. The summed E-state index contributed by atoms with van der Waals surface area (Å²) in [5, 5.41) is 12.1. The lowest BCUT2D eigenvalue weighted by Crippen LogP contribution is -2.41. The monoisotopic (exact) mass is 497 g/mol. The lowest BCUT2D eigenvalue weighted by Gasteiger charge is -2.32. The van der Waals surface area contributed by atoms with Crippen molar-refractivity contribution in [1.82, 2.24) is 44.6 Å². The average Bonchev–Trinajstić information content (AvgIpc) is 3.62. The quantitative estimate of drug-likeness (QED) is 0.397. The van der Waals surface area contributed by atoms with Gasteiger partial charge in [0.1, 0.15) is 11.6 Å². The molecule has 0 fully saturated rings. The molecule has 0 bridgehead atoms. The van der Waals surface area contributed by atoms with Crippen LogP contribution >= 0.6 is 0 Å². The molecule has 1 aliphatic heterocycles. The van der Waals surface area contributed by atoms with E-state index < -0.39 is 24.1 Å². The first kappa shape index (κ1) is 21.7. The van der Waals surface area contributed by atoms with E-state index >= 15 is 0 Å². The Morgan fingerprint density at radius 3 is 2.81 bits per heavy atom. The topological polar surface area (TPSA) is 140 Å². The number of halogens is 3. The summed E-state index contributed by atoms with van der Waals surface area (Å²) in [6.07, 6.45) is 1.52. The molecule has 6 heterocycles. The highest BCUT2D eigenvalue weighted by Gasteiger charge is 2.39. The number of hydrogen-bond donors (Lipinski definition) is 1. The molecule has 5 aromatic rings. The summed E-state index contributed by atoms with van der Waals surface area (Å²) in [7, 11) is 0. The van der Waals surface area contributed by atoms with Gasteiger partial charge in [0.05, 0.1) is 17.7 Å². The first-order valence-electron chi connectivity index (χ1n) is 10.6. The molecule has 0 aliphatic carbocycles. The fraction of sp³-hybridized carbons (Fsp3) is 0.190. The predicted molar refractivity (Wildman–Crippen MR) is 112 cm³/mol. The molecule has 36 heavy (non-hydrogen) atoms. The molecule has 1 atom stereocenters. The van der Waals surface area contributed by atoms with Gasteiger partial charge in [-0.3, -0.25) is 4.79 Å². The molecule has 0 saturated carbocycles. The van der Waals surface area contributed by atoms with Gasteiger partial charge in [-0.1, -0.05) is 0 Å². The van der Waals surface area contributed by atoms with E-state index in [2.05, 4.69) is 40.0 Å². The van der Waals surface area contributed by atoms with Gasteiger partial charge in [0.25, 0.3) is 5.89 Å². The molecule has 0 unspecified atom stereocenters. The SMILES string of the molecule is O=C(c1nnc(-c2ncccn2)o1)N1CCc2[nH]cnc2[C@@H]1c1cc2c(OC(F)(F)F)cccn2n1. The molecule has 0 saturated heterocycles. The van der Waals surface area contributed by atoms with Gasteiger partial charge in [-0.05, 0) is 24.3 Å². The van der Waals surface area contributed by atoms with Crippen molar-refractivity contribution >= 4 is 11.4 Å². The van der Waals surface area contributed by atoms with E-state index in [9.17, 15) is 18.0 Å². The molecule has 1 amide bonds. The van der Waals surface area contributed by atoms with Crippen molar-refractivity contribution in [3.8, 4) is 17.5 Å². The zero-order chi connectivity index (χ0) is 24.9. The predicted octanol–water partition coefficient (Wildman–Crippen LogP) is 2.58. The minimum Gasteiger partial charge on any atom is -0.409 e. The number of carbonyl (C=O) groups excluding carboxylic acids is 1. The van der Waals surface area contributed by atoms with Gasteiger partial charge in [0, 0.05) is 37.3 Å². The third-order valence-corrected chi connectivity index (χ3v) is 5.54. The zero-order valence-corrected chi connectivity index (χ0v) is 18.0. The van der Waals surface area contributed by atoms with Crippen molar-refractivity contribution in [2.75, 3.05) is 6.54 Å². The van der Waals surface area contributed by atoms with Gasteiger partial charge in [-0.15, -0.1) is 23.4 Å². The van der Waals surface area contributed by atoms with Crippen LogP contribution in [0, 0.1) is 0 Å². The Balaban J connectivity index is 1.40. The highest BCUT2D eigenvalue weighted by Crippen LogP contribution is 2.36. The van der Waals surface area contributed by atoms with E-state index in [4.69, 9.17) is 4.42 Å². The summed E-state index contributed by atoms with van der Waals surface area (Å²) in [6.45, 7) is 0.234. The van der Waals surface area contributed by atoms with Crippen molar-refractivity contribution < 1.29 is 27.1 Å². The Morgan fingerprint density at radius 1 is 1.17 bits per heavy atom. The molecule has 15 heteroatoms. The second-order valence-electron chi connectivity index (χ2n) is 7.72. The van der Waals surface area contributed by atoms with Gasteiger partial charge >= 0.3 is 18.2 Å². The van der Waals surface area contributed by atoms with Gasteiger partial charge in [-0.25, -0.2) is 19.5 Å². The van der Waals surface area contributed by atoms with Crippen LogP contribution in [0.25, 0.3) is 17.2 Å². The van der Waals surface area contributed by atoms with Gasteiger partial charge in [0.15, 0.2) is 5.75 Å². The number of aromatic nitrogens is 8. The summed E-state index contributed by atoms with van der Waals surface area (Å²) in [4.78, 5) is 30.3. The standard InChI is InChI=1S/C21H14F3N9O3/c22-21(23,24)36-14-3-1-7-33-13(14)9-12(31-33)16-15-11(27-10-28-15)4-8-32(16)20(34)19-30-29-18(35-19)17-25-5-2-6-26-17/h1-3,5-7,9-10,16H,4,8H2,(H,27,28)/t16-/m0/s1. The maximum atomic E-state index is 13.5. The van der Waals surface area contributed by atoms with Crippen molar-refractivity contribution in [1.29, 1.82) is 0 Å². The van der Waals surface area contributed by atoms with Gasteiger partial charge in [0.2, 0.25) is 5.82 Å². The molecule has 0 spiro atoms. The van der Waals surface area contributed by atoms with Crippen LogP contribution in [-0.2, 0) is 6.42 Å². The molecule has 182 valence electrons. The molecule has 6 rings (SSSR count). The summed E-state index contributed by atoms with van der Waals surface area (Å²) in [6, 6.07) is 4.76. The first-order valence-corrected chi connectivity index (χ1v) is 10.6. The van der Waals surface area contributed by atoms with Crippen molar-refractivity contribution in [3.05, 3.63) is 72.2 Å². The third-order valence-electron chi connectivity index (χ3n) is 5.54. The molecule has 1 N–H and O–H groups in total. The Bertz CT molecular complexity index is 1560. The number of carbonyl (C=O) groups is 1. The van der Waals surface area contributed by atoms with Crippen LogP contribution in [0.4, 0.5) is 13.2 Å². The summed E-state index contributed by atoms with van der Waals surface area (Å²) in [5.41, 5.74) is 1.63. The Labute approximate surface area is 198 Å². The molecular formula is C21H14F3N9O3. The summed E-state index contributed by atoms with van der Waals surface area (Å²) < 4.78 is 49.7. The summed E-state index contributed by atoms with van der Waals surface area (Å²) in [5.74, 6) is -1.21. The maximum Gasteiger partial charge on any atom is 0.573 e. The molecule has 0 radical (unpaired) electrons. The molecule has 1 aliphatic rings. The molecule has 5 aromatic heterocycles. The lowest BCUT2D eigenvalue weighted by molar-refractivity contribution is -0.274. The van der Waals surface area contributed by atoms with Crippen LogP contribution in [0.5, 0.6) is 5.75 Å². The fourth-order valence-corrected chi connectivity index (χ4v) is 4.08. The number of rotatable bonds is 4. The van der Waals surface area contributed by atoms with E-state index in [-0.39, 0.29) is 35.4 Å². The molecule has 12 nitrogen and oxygen atoms in total. The van der Waals surface area contributed by atoms with Crippen LogP contribution in [0.2, 0.25) is 0 Å². The number of alkyl halides is 3. The number of ether oxygens (including phenoxy) is 1. The number of hydrogen-bond acceptors (Lipinski definition) is 9. The van der Waals surface area contributed by atoms with Gasteiger partial charge < -0.3 is 19.0 Å². The number of H-pyrrole nitrogens is 1. The van der Waals surface area contributed by atoms with E-state index in [1.165, 1.54) is 52.5 Å². The summed E-state index contributed by atoms with van der Waals surface area (Å²) >= 11 is 0. The average molecular weight is 497 g/mol. The van der Waals surface area contributed by atoms with Gasteiger partial charge in [-0.2, -0.15) is 5.10 Å². The number of fused-ring (bicyclic) bond motifs is 2. The van der Waals surface area contributed by atoms with Crippen molar-refractivity contribution in [2.45, 2.75) is 18.8 Å². The number of aromatic amines is 1. The van der Waals surface area contributed by atoms with Crippen molar-refractivity contribution in [2.24, 2.45) is 0 Å².